The first-order valence-corrected chi connectivity index (χ1v) is 12.3. The van der Waals surface area contributed by atoms with Crippen LogP contribution in [0.15, 0.2) is 48.5 Å². The van der Waals surface area contributed by atoms with Crippen LogP contribution in [0, 0.1) is 0 Å². The van der Waals surface area contributed by atoms with E-state index in [2.05, 4.69) is 73.8 Å². The van der Waals surface area contributed by atoms with Crippen LogP contribution in [0.1, 0.15) is 31.4 Å². The molecule has 0 fully saturated rings. The van der Waals surface area contributed by atoms with E-state index in [0.29, 0.717) is 0 Å². The fraction of sp³-hybridized carbons (Fsp3) is 0.455. The Kier molecular flexibility index (Phi) is 7.30. The normalized spacial score (nSPS) is 15.0. The van der Waals surface area contributed by atoms with Gasteiger partial charge in [0.1, 0.15) is 8.07 Å². The van der Waals surface area contributed by atoms with Crippen molar-refractivity contribution >= 4 is 30.9 Å². The van der Waals surface area contributed by atoms with Gasteiger partial charge < -0.3 is 4.90 Å². The van der Waals surface area contributed by atoms with Gasteiger partial charge in [-0.25, -0.2) is 0 Å². The van der Waals surface area contributed by atoms with Gasteiger partial charge in [0.2, 0.25) is 0 Å². The zero-order valence-electron chi connectivity index (χ0n) is 15.9. The molecule has 1 heterocycles. The first-order valence-electron chi connectivity index (χ1n) is 9.58. The fourth-order valence-electron chi connectivity index (χ4n) is 4.43. The van der Waals surface area contributed by atoms with Gasteiger partial charge in [-0.05, 0) is 56.1 Å². The van der Waals surface area contributed by atoms with Gasteiger partial charge in [-0.15, -0.1) is 12.4 Å². The van der Waals surface area contributed by atoms with E-state index in [-0.39, 0.29) is 12.4 Å². The molecule has 3 rings (SSSR count). The van der Waals surface area contributed by atoms with Crippen LogP contribution in [0.25, 0.3) is 0 Å². The summed E-state index contributed by atoms with van der Waals surface area (Å²) < 4.78 is 0. The highest BCUT2D eigenvalue weighted by molar-refractivity contribution is 7.02. The Bertz CT molecular complexity index is 634. The molecule has 136 valence electrons. The Morgan fingerprint density at radius 3 is 1.80 bits per heavy atom. The summed E-state index contributed by atoms with van der Waals surface area (Å²) >= 11 is 0. The molecule has 0 aromatic heterocycles. The zero-order chi connectivity index (χ0) is 17.0. The lowest BCUT2D eigenvalue weighted by molar-refractivity contribution is 0.304. The van der Waals surface area contributed by atoms with Gasteiger partial charge >= 0.3 is 0 Å². The Hall–Kier alpha value is -1.09. The van der Waals surface area contributed by atoms with Crippen LogP contribution in [0.3, 0.4) is 0 Å². The first kappa shape index (κ1) is 20.2. The molecule has 0 N–H and O–H groups in total. The van der Waals surface area contributed by atoms with Crippen LogP contribution in [-0.4, -0.2) is 32.6 Å². The van der Waals surface area contributed by atoms with E-state index >= 15 is 0 Å². The van der Waals surface area contributed by atoms with E-state index in [1.807, 2.05) is 0 Å². The Labute approximate surface area is 160 Å². The maximum atomic E-state index is 2.61. The molecule has 25 heavy (non-hydrogen) atoms. The predicted octanol–water partition coefficient (Wildman–Crippen LogP) is 4.13. The molecule has 2 aromatic carbocycles. The number of aryl methyl sites for hydroxylation is 2. The third-order valence-electron chi connectivity index (χ3n) is 5.93. The molecule has 2 aromatic rings. The molecule has 0 aliphatic carbocycles. The highest BCUT2D eigenvalue weighted by Crippen LogP contribution is 2.22. The van der Waals surface area contributed by atoms with Gasteiger partial charge in [0.05, 0.1) is 0 Å². The summed E-state index contributed by atoms with van der Waals surface area (Å²) in [6.45, 7) is 10.7. The van der Waals surface area contributed by atoms with Crippen LogP contribution in [0.2, 0.25) is 12.6 Å². The molecule has 0 bridgehead atoms. The van der Waals surface area contributed by atoms with Crippen molar-refractivity contribution in [3.8, 4) is 0 Å². The largest absolute Gasteiger partial charge is 0.304 e. The van der Waals surface area contributed by atoms with Crippen molar-refractivity contribution in [2.24, 2.45) is 0 Å². The smallest absolute Gasteiger partial charge is 0.115 e. The summed E-state index contributed by atoms with van der Waals surface area (Å²) in [5, 5.41) is 3.38. The molecule has 1 nitrogen and oxygen atoms in total. The van der Waals surface area contributed by atoms with Crippen LogP contribution in [0.5, 0.6) is 0 Å². The van der Waals surface area contributed by atoms with E-state index < -0.39 is 8.07 Å². The second-order valence-corrected chi connectivity index (χ2v) is 11.5. The molecular weight excluding hydrogens is 342 g/mol. The van der Waals surface area contributed by atoms with Gasteiger partial charge in [-0.1, -0.05) is 79.3 Å². The number of nitrogens with zero attached hydrogens (tertiary/aromatic N) is 1. The molecule has 0 spiro atoms. The molecule has 0 atom stereocenters. The van der Waals surface area contributed by atoms with Gasteiger partial charge in [0.25, 0.3) is 0 Å². The highest BCUT2D eigenvalue weighted by Gasteiger charge is 2.36. The van der Waals surface area contributed by atoms with E-state index in [9.17, 15) is 0 Å². The minimum absolute atomic E-state index is 0. The lowest BCUT2D eigenvalue weighted by Gasteiger charge is -2.31. The standard InChI is InChI=1S/C22H31NSi.ClH/c1-4-23(5-2)17-10-18-24(3)21-13-8-6-11-19(21)15-16-20-12-7-9-14-22(20)24;/h6-9,11-14H,4-5,10,15-18H2,1-3H3;1H. The van der Waals surface area contributed by atoms with Gasteiger partial charge in [0, 0.05) is 0 Å². The summed E-state index contributed by atoms with van der Waals surface area (Å²) in [6, 6.07) is 19.9. The summed E-state index contributed by atoms with van der Waals surface area (Å²) in [5.74, 6) is 0. The highest BCUT2D eigenvalue weighted by atomic mass is 35.5. The molecule has 0 unspecified atom stereocenters. The Morgan fingerprint density at radius 1 is 0.840 bits per heavy atom. The molecule has 1 aliphatic heterocycles. The molecule has 3 heteroatoms. The molecule has 0 radical (unpaired) electrons. The van der Waals surface area contributed by atoms with Gasteiger partial charge in [0.15, 0.2) is 0 Å². The number of hydrogen-bond donors (Lipinski definition) is 0. The van der Waals surface area contributed by atoms with Crippen molar-refractivity contribution in [2.45, 2.75) is 45.7 Å². The van der Waals surface area contributed by atoms with Crippen molar-refractivity contribution in [3.05, 3.63) is 59.7 Å². The molecule has 0 amide bonds. The molecular formula is C22H32ClNSi. The average Bonchev–Trinajstić information content (AvgIpc) is 2.75. The van der Waals surface area contributed by atoms with Crippen molar-refractivity contribution in [1.29, 1.82) is 0 Å². The van der Waals surface area contributed by atoms with Gasteiger partial charge in [-0.2, -0.15) is 0 Å². The zero-order valence-corrected chi connectivity index (χ0v) is 17.7. The Balaban J connectivity index is 0.00000225. The molecule has 1 aliphatic rings. The minimum Gasteiger partial charge on any atom is -0.304 e. The summed E-state index contributed by atoms with van der Waals surface area (Å²) in [6.07, 6.45) is 3.71. The number of hydrogen-bond acceptors (Lipinski definition) is 1. The van der Waals surface area contributed by atoms with Crippen molar-refractivity contribution in [1.82, 2.24) is 4.90 Å². The SMILES string of the molecule is CCN(CC)CCC[Si]1(C)c2ccccc2CCc2ccccc21.Cl. The number of benzene rings is 2. The number of halogens is 1. The average molecular weight is 374 g/mol. The van der Waals surface area contributed by atoms with Crippen molar-refractivity contribution in [3.63, 3.8) is 0 Å². The lowest BCUT2D eigenvalue weighted by Crippen LogP contribution is -2.57. The predicted molar refractivity (Wildman–Crippen MR) is 116 cm³/mol. The number of fused-ring (bicyclic) bond motifs is 2. The summed E-state index contributed by atoms with van der Waals surface area (Å²) in [4.78, 5) is 2.56. The first-order chi connectivity index (χ1) is 11.7. The van der Waals surface area contributed by atoms with Crippen LogP contribution in [0.4, 0.5) is 0 Å². The maximum absolute atomic E-state index is 2.61. The fourth-order valence-corrected chi connectivity index (χ4v) is 8.89. The van der Waals surface area contributed by atoms with Crippen molar-refractivity contribution in [2.75, 3.05) is 19.6 Å². The van der Waals surface area contributed by atoms with E-state index in [4.69, 9.17) is 0 Å². The second kappa shape index (κ2) is 9.02. The van der Waals surface area contributed by atoms with Crippen LogP contribution < -0.4 is 10.4 Å². The quantitative estimate of drug-likeness (QED) is 0.688. The third kappa shape index (κ3) is 4.19. The number of rotatable bonds is 6. The monoisotopic (exact) mass is 373 g/mol. The Morgan fingerprint density at radius 2 is 1.32 bits per heavy atom. The van der Waals surface area contributed by atoms with E-state index in [1.165, 1.54) is 44.9 Å². The summed E-state index contributed by atoms with van der Waals surface area (Å²) in [7, 11) is -1.65. The molecule has 0 saturated heterocycles. The second-order valence-electron chi connectivity index (χ2n) is 7.28. The van der Waals surface area contributed by atoms with Crippen LogP contribution >= 0.6 is 12.4 Å². The van der Waals surface area contributed by atoms with Crippen LogP contribution in [-0.2, 0) is 12.8 Å². The van der Waals surface area contributed by atoms with E-state index in [1.54, 1.807) is 21.5 Å². The topological polar surface area (TPSA) is 3.24 Å². The van der Waals surface area contributed by atoms with Crippen molar-refractivity contribution < 1.29 is 0 Å². The van der Waals surface area contributed by atoms with Gasteiger partial charge in [-0.3, -0.25) is 0 Å². The lowest BCUT2D eigenvalue weighted by atomic mass is 10.0. The third-order valence-corrected chi connectivity index (χ3v) is 10.6. The minimum atomic E-state index is -1.65. The maximum Gasteiger partial charge on any atom is 0.115 e. The molecule has 0 saturated carbocycles. The summed E-state index contributed by atoms with van der Waals surface area (Å²) in [5.41, 5.74) is 3.21. The van der Waals surface area contributed by atoms with E-state index in [0.717, 1.165) is 0 Å².